The number of nitrogens with zero attached hydrogens (tertiary/aromatic N) is 4. The second kappa shape index (κ2) is 5.07. The molecule has 0 radical (unpaired) electrons. The van der Waals surface area contributed by atoms with Gasteiger partial charge in [0.25, 0.3) is 0 Å². The van der Waals surface area contributed by atoms with E-state index in [0.717, 1.165) is 15.5 Å². The van der Waals surface area contributed by atoms with Gasteiger partial charge in [-0.05, 0) is 19.1 Å². The van der Waals surface area contributed by atoms with Gasteiger partial charge in [0.15, 0.2) is 0 Å². The molecule has 0 unspecified atom stereocenters. The van der Waals surface area contributed by atoms with Crippen LogP contribution in [0.1, 0.15) is 10.7 Å². The highest BCUT2D eigenvalue weighted by Crippen LogP contribution is 2.15. The number of benzene rings is 1. The van der Waals surface area contributed by atoms with Crippen molar-refractivity contribution in [2.24, 2.45) is 17.3 Å². The third-order valence-electron chi connectivity index (χ3n) is 2.68. The standard InChI is InChI=1S/C13H12N4S2/c1-9-15-10(8-18-9)7-14-16-13-17(2)11-5-3-4-6-12(11)19-13/h3-8H,1-2H3/b14-7-,16-13+. The Labute approximate surface area is 118 Å². The van der Waals surface area contributed by atoms with Gasteiger partial charge in [-0.3, -0.25) is 0 Å². The van der Waals surface area contributed by atoms with Crippen molar-refractivity contribution in [3.05, 3.63) is 45.1 Å². The molecule has 96 valence electrons. The maximum Gasteiger partial charge on any atom is 0.211 e. The Bertz CT molecular complexity index is 807. The third-order valence-corrected chi connectivity index (χ3v) is 4.58. The fraction of sp³-hybridized carbons (Fsp3) is 0.154. The minimum absolute atomic E-state index is 0.856. The first-order valence-corrected chi connectivity index (χ1v) is 7.47. The molecule has 0 saturated heterocycles. The van der Waals surface area contributed by atoms with Crippen LogP contribution in [0, 0.1) is 6.92 Å². The molecule has 1 aromatic carbocycles. The van der Waals surface area contributed by atoms with Crippen LogP contribution >= 0.6 is 22.7 Å². The summed E-state index contributed by atoms with van der Waals surface area (Å²) in [6.45, 7) is 1.98. The lowest BCUT2D eigenvalue weighted by atomic mass is 10.3. The molecule has 3 rings (SSSR count). The Balaban J connectivity index is 1.97. The fourth-order valence-electron chi connectivity index (χ4n) is 1.75. The number of aryl methyl sites for hydroxylation is 2. The second-order valence-corrected chi connectivity index (χ2v) is 6.12. The van der Waals surface area contributed by atoms with Crippen molar-refractivity contribution >= 4 is 39.1 Å². The van der Waals surface area contributed by atoms with E-state index in [9.17, 15) is 0 Å². The maximum atomic E-state index is 4.31. The van der Waals surface area contributed by atoms with Crippen molar-refractivity contribution in [2.75, 3.05) is 0 Å². The third kappa shape index (κ3) is 2.50. The number of para-hydroxylation sites is 1. The summed E-state index contributed by atoms with van der Waals surface area (Å²) in [7, 11) is 2.00. The maximum absolute atomic E-state index is 4.31. The van der Waals surface area contributed by atoms with Crippen LogP contribution in [0.15, 0.2) is 39.8 Å². The molecule has 0 fully saturated rings. The highest BCUT2D eigenvalue weighted by molar-refractivity contribution is 7.16. The highest BCUT2D eigenvalue weighted by atomic mass is 32.1. The molecule has 0 atom stereocenters. The van der Waals surface area contributed by atoms with E-state index in [1.54, 1.807) is 28.9 Å². The van der Waals surface area contributed by atoms with E-state index < -0.39 is 0 Å². The Hall–Kier alpha value is -1.79. The van der Waals surface area contributed by atoms with Crippen LogP contribution in [0.5, 0.6) is 0 Å². The Morgan fingerprint density at radius 2 is 2.16 bits per heavy atom. The van der Waals surface area contributed by atoms with Crippen molar-refractivity contribution in [1.82, 2.24) is 9.55 Å². The molecule has 2 aromatic heterocycles. The van der Waals surface area contributed by atoms with Crippen LogP contribution in [0.25, 0.3) is 10.2 Å². The second-order valence-electron chi connectivity index (χ2n) is 4.05. The van der Waals surface area contributed by atoms with E-state index in [2.05, 4.69) is 27.3 Å². The summed E-state index contributed by atoms with van der Waals surface area (Å²) in [5.74, 6) is 0. The van der Waals surface area contributed by atoms with Crippen LogP contribution in [0.2, 0.25) is 0 Å². The van der Waals surface area contributed by atoms with Gasteiger partial charge in [0.1, 0.15) is 0 Å². The van der Waals surface area contributed by atoms with Crippen LogP contribution in [-0.4, -0.2) is 15.8 Å². The molecule has 0 aliphatic rings. The van der Waals surface area contributed by atoms with E-state index >= 15 is 0 Å². The van der Waals surface area contributed by atoms with Gasteiger partial charge in [0.05, 0.1) is 27.1 Å². The van der Waals surface area contributed by atoms with E-state index in [0.29, 0.717) is 0 Å². The van der Waals surface area contributed by atoms with Crippen molar-refractivity contribution in [2.45, 2.75) is 6.92 Å². The van der Waals surface area contributed by atoms with E-state index in [1.807, 2.05) is 36.1 Å². The van der Waals surface area contributed by atoms with Gasteiger partial charge < -0.3 is 4.57 Å². The zero-order valence-electron chi connectivity index (χ0n) is 10.6. The first kappa shape index (κ1) is 12.3. The Kier molecular flexibility index (Phi) is 3.27. The molecule has 0 bridgehead atoms. The number of rotatable bonds is 2. The van der Waals surface area contributed by atoms with E-state index in [1.165, 1.54) is 10.2 Å². The van der Waals surface area contributed by atoms with Crippen molar-refractivity contribution < 1.29 is 0 Å². The number of aromatic nitrogens is 2. The molecular formula is C13H12N4S2. The monoisotopic (exact) mass is 288 g/mol. The SMILES string of the molecule is Cc1nc(/C=N\N=c2\sc3ccccc3n2C)cs1. The number of hydrogen-bond donors (Lipinski definition) is 0. The molecule has 4 nitrogen and oxygen atoms in total. The lowest BCUT2D eigenvalue weighted by molar-refractivity contribution is 0.889. The topological polar surface area (TPSA) is 42.5 Å². The number of thiazole rings is 2. The molecule has 19 heavy (non-hydrogen) atoms. The summed E-state index contributed by atoms with van der Waals surface area (Å²) >= 11 is 3.24. The predicted octanol–water partition coefficient (Wildman–Crippen LogP) is 2.94. The number of hydrogen-bond acceptors (Lipinski definition) is 5. The van der Waals surface area contributed by atoms with E-state index in [-0.39, 0.29) is 0 Å². The van der Waals surface area contributed by atoms with Crippen LogP contribution in [0.4, 0.5) is 0 Å². The largest absolute Gasteiger partial charge is 0.318 e. The molecule has 0 amide bonds. The molecule has 6 heteroatoms. The molecule has 0 aliphatic carbocycles. The zero-order valence-corrected chi connectivity index (χ0v) is 12.2. The molecular weight excluding hydrogens is 276 g/mol. The van der Waals surface area contributed by atoms with Crippen molar-refractivity contribution in [1.29, 1.82) is 0 Å². The summed E-state index contributed by atoms with van der Waals surface area (Å²) in [5, 5.41) is 11.4. The number of fused-ring (bicyclic) bond motifs is 1. The lowest BCUT2D eigenvalue weighted by Crippen LogP contribution is -2.08. The molecule has 0 saturated carbocycles. The van der Waals surface area contributed by atoms with Crippen molar-refractivity contribution in [3.8, 4) is 0 Å². The van der Waals surface area contributed by atoms with E-state index in [4.69, 9.17) is 0 Å². The first-order valence-electron chi connectivity index (χ1n) is 5.78. The Morgan fingerprint density at radius 3 is 2.89 bits per heavy atom. The summed E-state index contributed by atoms with van der Waals surface area (Å²) in [6.07, 6.45) is 1.69. The summed E-state index contributed by atoms with van der Waals surface area (Å²) in [6, 6.07) is 8.23. The quantitative estimate of drug-likeness (QED) is 0.528. The average Bonchev–Trinajstić information content (AvgIpc) is 2.96. The van der Waals surface area contributed by atoms with Gasteiger partial charge in [-0.25, -0.2) is 4.98 Å². The molecule has 3 aromatic rings. The predicted molar refractivity (Wildman–Crippen MR) is 80.8 cm³/mol. The fourth-order valence-corrected chi connectivity index (χ4v) is 3.29. The van der Waals surface area contributed by atoms with Gasteiger partial charge in [-0.2, -0.15) is 5.10 Å². The summed E-state index contributed by atoms with van der Waals surface area (Å²) in [5.41, 5.74) is 2.03. The molecule has 0 N–H and O–H groups in total. The Morgan fingerprint density at radius 1 is 1.32 bits per heavy atom. The molecule has 0 spiro atoms. The summed E-state index contributed by atoms with van der Waals surface area (Å²) < 4.78 is 3.26. The minimum Gasteiger partial charge on any atom is -0.318 e. The zero-order chi connectivity index (χ0) is 13.2. The van der Waals surface area contributed by atoms with Crippen molar-refractivity contribution in [3.63, 3.8) is 0 Å². The average molecular weight is 288 g/mol. The van der Waals surface area contributed by atoms with Crippen LogP contribution in [-0.2, 0) is 7.05 Å². The normalized spacial score (nSPS) is 12.8. The van der Waals surface area contributed by atoms with Crippen LogP contribution < -0.4 is 4.80 Å². The first-order chi connectivity index (χ1) is 9.24. The van der Waals surface area contributed by atoms with Gasteiger partial charge in [0.2, 0.25) is 4.80 Å². The van der Waals surface area contributed by atoms with Gasteiger partial charge in [-0.15, -0.1) is 16.4 Å². The lowest BCUT2D eigenvalue weighted by Gasteiger charge is -1.92. The van der Waals surface area contributed by atoms with Gasteiger partial charge in [-0.1, -0.05) is 23.5 Å². The molecule has 0 aliphatic heterocycles. The van der Waals surface area contributed by atoms with Gasteiger partial charge >= 0.3 is 0 Å². The molecule has 2 heterocycles. The summed E-state index contributed by atoms with van der Waals surface area (Å²) in [4.78, 5) is 5.19. The highest BCUT2D eigenvalue weighted by Gasteiger charge is 2.00. The minimum atomic E-state index is 0.856. The van der Waals surface area contributed by atoms with Gasteiger partial charge in [0, 0.05) is 12.4 Å². The van der Waals surface area contributed by atoms with Crippen LogP contribution in [0.3, 0.4) is 0 Å². The smallest absolute Gasteiger partial charge is 0.211 e.